The van der Waals surface area contributed by atoms with Gasteiger partial charge in [0.25, 0.3) is 0 Å². The van der Waals surface area contributed by atoms with Crippen LogP contribution in [0.15, 0.2) is 54.7 Å². The average Bonchev–Trinajstić information content (AvgIpc) is 3.00. The smallest absolute Gasteiger partial charge is 0.238 e. The van der Waals surface area contributed by atoms with E-state index in [1.54, 1.807) is 30.3 Å². The molecule has 2 aromatic heterocycles. The van der Waals surface area contributed by atoms with Crippen LogP contribution in [0, 0.1) is 12.7 Å². The minimum atomic E-state index is -0.353. The molecule has 4 aromatic rings. The predicted octanol–water partition coefficient (Wildman–Crippen LogP) is 6.29. The van der Waals surface area contributed by atoms with Crippen molar-refractivity contribution in [1.82, 2.24) is 9.97 Å². The standard InChI is InChI=1S/C22H16Cl2FN3O2/c1-12-15(16-9-14(25)6-7-18(16)27-12)10-21(29)28-19-4-2-3-5-20(19)30-22-17(24)8-13(23)11-26-22/h2-9,11,27H,10H2,1H3,(H,28,29). The van der Waals surface area contributed by atoms with Crippen LogP contribution in [0.2, 0.25) is 10.0 Å². The number of aromatic amines is 1. The first-order valence-electron chi connectivity index (χ1n) is 9.05. The Labute approximate surface area is 181 Å². The fraction of sp³-hybridized carbons (Fsp3) is 0.0909. The Balaban J connectivity index is 1.56. The maximum Gasteiger partial charge on any atom is 0.238 e. The monoisotopic (exact) mass is 443 g/mol. The van der Waals surface area contributed by atoms with Gasteiger partial charge in [-0.3, -0.25) is 4.79 Å². The summed E-state index contributed by atoms with van der Waals surface area (Å²) in [6.45, 7) is 1.85. The van der Waals surface area contributed by atoms with Gasteiger partial charge in [-0.2, -0.15) is 0 Å². The molecule has 0 aliphatic carbocycles. The van der Waals surface area contributed by atoms with E-state index in [4.69, 9.17) is 27.9 Å². The highest BCUT2D eigenvalue weighted by Gasteiger charge is 2.16. The van der Waals surface area contributed by atoms with Crippen molar-refractivity contribution in [3.05, 3.63) is 81.8 Å². The Bertz CT molecular complexity index is 1260. The zero-order valence-electron chi connectivity index (χ0n) is 15.8. The van der Waals surface area contributed by atoms with Crippen molar-refractivity contribution in [3.63, 3.8) is 0 Å². The molecule has 0 aliphatic heterocycles. The largest absolute Gasteiger partial charge is 0.435 e. The number of carbonyl (C=O) groups excluding carboxylic acids is 1. The van der Waals surface area contributed by atoms with Gasteiger partial charge in [0.05, 0.1) is 17.1 Å². The lowest BCUT2D eigenvalue weighted by molar-refractivity contribution is -0.115. The highest BCUT2D eigenvalue weighted by atomic mass is 35.5. The maximum atomic E-state index is 13.7. The van der Waals surface area contributed by atoms with E-state index in [0.29, 0.717) is 21.8 Å². The molecule has 0 unspecified atom stereocenters. The topological polar surface area (TPSA) is 67.0 Å². The third-order valence-corrected chi connectivity index (χ3v) is 5.04. The molecule has 0 bridgehead atoms. The number of nitrogens with one attached hydrogen (secondary N) is 2. The van der Waals surface area contributed by atoms with E-state index in [1.165, 1.54) is 24.4 Å². The fourth-order valence-corrected chi connectivity index (χ4v) is 3.60. The van der Waals surface area contributed by atoms with E-state index < -0.39 is 0 Å². The van der Waals surface area contributed by atoms with E-state index in [2.05, 4.69) is 15.3 Å². The highest BCUT2D eigenvalue weighted by molar-refractivity contribution is 6.35. The number of ether oxygens (including phenoxy) is 1. The third kappa shape index (κ3) is 4.25. The van der Waals surface area contributed by atoms with Gasteiger partial charge in [-0.15, -0.1) is 0 Å². The Morgan fingerprint density at radius 1 is 1.20 bits per heavy atom. The van der Waals surface area contributed by atoms with E-state index in [1.807, 2.05) is 6.92 Å². The zero-order chi connectivity index (χ0) is 21.3. The molecule has 5 nitrogen and oxygen atoms in total. The molecule has 4 rings (SSSR count). The van der Waals surface area contributed by atoms with E-state index in [-0.39, 0.29) is 29.0 Å². The summed E-state index contributed by atoms with van der Waals surface area (Å²) in [6.07, 6.45) is 1.49. The summed E-state index contributed by atoms with van der Waals surface area (Å²) in [4.78, 5) is 20.0. The summed E-state index contributed by atoms with van der Waals surface area (Å²) in [7, 11) is 0. The summed E-state index contributed by atoms with van der Waals surface area (Å²) in [5, 5.41) is 4.16. The van der Waals surface area contributed by atoms with Crippen LogP contribution in [-0.2, 0) is 11.2 Å². The molecule has 2 aromatic carbocycles. The number of anilines is 1. The van der Waals surface area contributed by atoms with Gasteiger partial charge >= 0.3 is 0 Å². The molecule has 0 saturated carbocycles. The lowest BCUT2D eigenvalue weighted by Crippen LogP contribution is -2.15. The van der Waals surface area contributed by atoms with Crippen LogP contribution < -0.4 is 10.1 Å². The van der Waals surface area contributed by atoms with Crippen molar-refractivity contribution in [3.8, 4) is 11.6 Å². The Kier molecular flexibility index (Phi) is 5.61. The number of halogens is 3. The number of benzene rings is 2. The summed E-state index contributed by atoms with van der Waals surface area (Å²) in [6, 6.07) is 12.9. The Morgan fingerprint density at radius 2 is 2.00 bits per heavy atom. The number of aromatic nitrogens is 2. The van der Waals surface area contributed by atoms with Gasteiger partial charge in [0.15, 0.2) is 5.75 Å². The van der Waals surface area contributed by atoms with Crippen molar-refractivity contribution in [2.75, 3.05) is 5.32 Å². The number of rotatable bonds is 5. The molecular formula is C22H16Cl2FN3O2. The number of amides is 1. The van der Waals surface area contributed by atoms with Crippen molar-refractivity contribution in [2.45, 2.75) is 13.3 Å². The fourth-order valence-electron chi connectivity index (χ4n) is 3.18. The molecule has 0 spiro atoms. The van der Waals surface area contributed by atoms with Crippen molar-refractivity contribution >= 4 is 45.7 Å². The molecule has 2 N–H and O–H groups in total. The van der Waals surface area contributed by atoms with Crippen LogP contribution in [0.4, 0.5) is 10.1 Å². The molecule has 0 fully saturated rings. The number of aryl methyl sites for hydroxylation is 1. The molecular weight excluding hydrogens is 428 g/mol. The van der Waals surface area contributed by atoms with Crippen LogP contribution in [0.5, 0.6) is 11.6 Å². The number of fused-ring (bicyclic) bond motifs is 1. The number of hydrogen-bond donors (Lipinski definition) is 2. The minimum Gasteiger partial charge on any atom is -0.435 e. The second-order valence-electron chi connectivity index (χ2n) is 6.68. The second-order valence-corrected chi connectivity index (χ2v) is 7.53. The summed E-state index contributed by atoms with van der Waals surface area (Å²) < 4.78 is 19.4. The van der Waals surface area contributed by atoms with Gasteiger partial charge in [-0.1, -0.05) is 35.3 Å². The molecule has 0 saturated heterocycles. The maximum absolute atomic E-state index is 13.7. The van der Waals surface area contributed by atoms with Crippen molar-refractivity contribution in [1.29, 1.82) is 0 Å². The zero-order valence-corrected chi connectivity index (χ0v) is 17.3. The first kappa shape index (κ1) is 20.2. The van der Waals surface area contributed by atoms with Gasteiger partial charge in [-0.25, -0.2) is 9.37 Å². The summed E-state index contributed by atoms with van der Waals surface area (Å²) in [5.41, 5.74) is 2.79. The van der Waals surface area contributed by atoms with Crippen LogP contribution >= 0.6 is 23.2 Å². The van der Waals surface area contributed by atoms with Crippen LogP contribution in [0.1, 0.15) is 11.3 Å². The van der Waals surface area contributed by atoms with E-state index >= 15 is 0 Å². The average molecular weight is 444 g/mol. The molecule has 2 heterocycles. The number of hydrogen-bond acceptors (Lipinski definition) is 3. The quantitative estimate of drug-likeness (QED) is 0.380. The molecule has 30 heavy (non-hydrogen) atoms. The third-order valence-electron chi connectivity index (χ3n) is 4.56. The van der Waals surface area contributed by atoms with Crippen molar-refractivity contribution in [2.24, 2.45) is 0 Å². The second kappa shape index (κ2) is 8.34. The number of carbonyl (C=O) groups is 1. The van der Waals surface area contributed by atoms with Crippen LogP contribution in [0.25, 0.3) is 10.9 Å². The van der Waals surface area contributed by atoms with Crippen molar-refractivity contribution < 1.29 is 13.9 Å². The number of pyridine rings is 1. The highest BCUT2D eigenvalue weighted by Crippen LogP contribution is 2.33. The van der Waals surface area contributed by atoms with E-state index in [9.17, 15) is 9.18 Å². The molecule has 1 amide bonds. The molecule has 0 radical (unpaired) electrons. The SMILES string of the molecule is Cc1[nH]c2ccc(F)cc2c1CC(=O)Nc1ccccc1Oc1ncc(Cl)cc1Cl. The molecule has 152 valence electrons. The first-order valence-corrected chi connectivity index (χ1v) is 9.81. The molecule has 8 heteroatoms. The predicted molar refractivity (Wildman–Crippen MR) is 116 cm³/mol. The van der Waals surface area contributed by atoms with Gasteiger partial charge < -0.3 is 15.0 Å². The van der Waals surface area contributed by atoms with Gasteiger partial charge in [0, 0.05) is 22.8 Å². The minimum absolute atomic E-state index is 0.0730. The first-order chi connectivity index (χ1) is 14.4. The normalized spacial score (nSPS) is 10.9. The molecule has 0 atom stereocenters. The van der Waals surface area contributed by atoms with Gasteiger partial charge in [0.2, 0.25) is 11.8 Å². The number of nitrogens with zero attached hydrogens (tertiary/aromatic N) is 1. The lowest BCUT2D eigenvalue weighted by atomic mass is 10.1. The number of para-hydroxylation sites is 2. The summed E-state index contributed by atoms with van der Waals surface area (Å²) in [5.74, 6) is -0.0706. The Morgan fingerprint density at radius 3 is 2.80 bits per heavy atom. The number of H-pyrrole nitrogens is 1. The Hall–Kier alpha value is -3.09. The lowest BCUT2D eigenvalue weighted by Gasteiger charge is -2.12. The van der Waals surface area contributed by atoms with Crippen LogP contribution in [-0.4, -0.2) is 15.9 Å². The molecule has 0 aliphatic rings. The summed E-state index contributed by atoms with van der Waals surface area (Å²) >= 11 is 12.0. The van der Waals surface area contributed by atoms with Gasteiger partial charge in [0.1, 0.15) is 10.8 Å². The van der Waals surface area contributed by atoms with Crippen LogP contribution in [0.3, 0.4) is 0 Å². The van der Waals surface area contributed by atoms with E-state index in [0.717, 1.165) is 16.8 Å². The van der Waals surface area contributed by atoms with Gasteiger partial charge in [-0.05, 0) is 48.9 Å².